The highest BCUT2D eigenvalue weighted by molar-refractivity contribution is 5.87. The number of aromatic carboxylic acids is 1. The van der Waals surface area contributed by atoms with E-state index in [1.165, 1.54) is 12.4 Å². The summed E-state index contributed by atoms with van der Waals surface area (Å²) in [6, 6.07) is 0.814. The maximum Gasteiger partial charge on any atom is 0.360 e. The standard InChI is InChI=1S/C13H21N3O3/c1-9(2)16(10(3)4)7-8-19-12-11(13(17)18)14-5-6-15-12/h5-6,9-10H,7-8H2,1-4H3,(H,17,18). The number of hydrogen-bond donors (Lipinski definition) is 1. The number of nitrogens with zero attached hydrogens (tertiary/aromatic N) is 3. The molecule has 0 saturated heterocycles. The zero-order valence-corrected chi connectivity index (χ0v) is 11.8. The Labute approximate surface area is 113 Å². The lowest BCUT2D eigenvalue weighted by atomic mass is 10.2. The maximum atomic E-state index is 10.9. The number of carboxylic acids is 1. The maximum absolute atomic E-state index is 10.9. The second kappa shape index (κ2) is 7.04. The average molecular weight is 267 g/mol. The summed E-state index contributed by atoms with van der Waals surface area (Å²) in [5.41, 5.74) is -0.150. The molecule has 0 aliphatic rings. The fourth-order valence-corrected chi connectivity index (χ4v) is 1.94. The van der Waals surface area contributed by atoms with Crippen LogP contribution < -0.4 is 4.74 Å². The molecule has 0 fully saturated rings. The number of carbonyl (C=O) groups is 1. The normalized spacial score (nSPS) is 11.3. The molecule has 1 N–H and O–H groups in total. The molecule has 0 spiro atoms. The molecule has 1 aromatic heterocycles. The SMILES string of the molecule is CC(C)N(CCOc1nccnc1C(=O)O)C(C)C. The van der Waals surface area contributed by atoms with Gasteiger partial charge in [0.2, 0.25) is 11.6 Å². The molecule has 0 atom stereocenters. The van der Waals surface area contributed by atoms with E-state index in [0.29, 0.717) is 25.2 Å². The number of rotatable bonds is 7. The van der Waals surface area contributed by atoms with Crippen molar-refractivity contribution in [2.45, 2.75) is 39.8 Å². The van der Waals surface area contributed by atoms with E-state index in [2.05, 4.69) is 42.6 Å². The van der Waals surface area contributed by atoms with Gasteiger partial charge in [0.15, 0.2) is 0 Å². The molecule has 0 aliphatic carbocycles. The first kappa shape index (κ1) is 15.4. The van der Waals surface area contributed by atoms with Gasteiger partial charge in [0, 0.05) is 31.0 Å². The highest BCUT2D eigenvalue weighted by Gasteiger charge is 2.16. The molecule has 0 saturated carbocycles. The lowest BCUT2D eigenvalue weighted by molar-refractivity contribution is 0.0681. The van der Waals surface area contributed by atoms with Crippen molar-refractivity contribution in [1.82, 2.24) is 14.9 Å². The molecule has 6 nitrogen and oxygen atoms in total. The number of carboxylic acid groups (broad SMARTS) is 1. The van der Waals surface area contributed by atoms with Crippen LogP contribution in [0.1, 0.15) is 38.2 Å². The smallest absolute Gasteiger partial charge is 0.360 e. The van der Waals surface area contributed by atoms with Crippen LogP contribution in [0.2, 0.25) is 0 Å². The molecular weight excluding hydrogens is 246 g/mol. The van der Waals surface area contributed by atoms with Crippen LogP contribution in [0, 0.1) is 0 Å². The third kappa shape index (κ3) is 4.48. The van der Waals surface area contributed by atoms with Crippen molar-refractivity contribution in [3.8, 4) is 5.88 Å². The first-order valence-electron chi connectivity index (χ1n) is 6.36. The molecule has 1 aromatic rings. The van der Waals surface area contributed by atoms with E-state index in [-0.39, 0.29) is 11.6 Å². The van der Waals surface area contributed by atoms with Gasteiger partial charge in [-0.05, 0) is 27.7 Å². The topological polar surface area (TPSA) is 75.5 Å². The van der Waals surface area contributed by atoms with Crippen molar-refractivity contribution < 1.29 is 14.6 Å². The molecule has 0 aromatic carbocycles. The minimum absolute atomic E-state index is 0.0717. The van der Waals surface area contributed by atoms with Crippen LogP contribution >= 0.6 is 0 Å². The van der Waals surface area contributed by atoms with Crippen LogP contribution in [-0.4, -0.2) is 51.2 Å². The van der Waals surface area contributed by atoms with Gasteiger partial charge in [-0.25, -0.2) is 14.8 Å². The van der Waals surface area contributed by atoms with E-state index < -0.39 is 5.97 Å². The van der Waals surface area contributed by atoms with Gasteiger partial charge in [0.25, 0.3) is 0 Å². The highest BCUT2D eigenvalue weighted by Crippen LogP contribution is 2.11. The second-order valence-corrected chi connectivity index (χ2v) is 4.79. The summed E-state index contributed by atoms with van der Waals surface area (Å²) in [6.45, 7) is 9.56. The zero-order chi connectivity index (χ0) is 14.4. The third-order valence-corrected chi connectivity index (χ3v) is 2.78. The number of aromatic nitrogens is 2. The lowest BCUT2D eigenvalue weighted by Gasteiger charge is -2.30. The number of hydrogen-bond acceptors (Lipinski definition) is 5. The van der Waals surface area contributed by atoms with Gasteiger partial charge in [-0.2, -0.15) is 0 Å². The van der Waals surface area contributed by atoms with Crippen LogP contribution in [0.4, 0.5) is 0 Å². The van der Waals surface area contributed by atoms with Crippen molar-refractivity contribution in [2.75, 3.05) is 13.2 Å². The summed E-state index contributed by atoms with van der Waals surface area (Å²) in [6.07, 6.45) is 2.76. The Morgan fingerprint density at radius 1 is 1.26 bits per heavy atom. The largest absolute Gasteiger partial charge is 0.476 e. The monoisotopic (exact) mass is 267 g/mol. The minimum Gasteiger partial charge on any atom is -0.476 e. The molecule has 0 amide bonds. The van der Waals surface area contributed by atoms with Crippen molar-refractivity contribution >= 4 is 5.97 Å². The van der Waals surface area contributed by atoms with Crippen LogP contribution in [0.3, 0.4) is 0 Å². The molecule has 0 unspecified atom stereocenters. The Balaban J connectivity index is 2.60. The third-order valence-electron chi connectivity index (χ3n) is 2.78. The molecule has 0 bridgehead atoms. The predicted octanol–water partition coefficient (Wildman–Crippen LogP) is 1.67. The molecule has 1 rings (SSSR count). The van der Waals surface area contributed by atoms with E-state index in [1.54, 1.807) is 0 Å². The van der Waals surface area contributed by atoms with Gasteiger partial charge in [-0.3, -0.25) is 4.90 Å². The van der Waals surface area contributed by atoms with Gasteiger partial charge < -0.3 is 9.84 Å². The van der Waals surface area contributed by atoms with Gasteiger partial charge in [0.05, 0.1) is 0 Å². The van der Waals surface area contributed by atoms with Gasteiger partial charge in [0.1, 0.15) is 6.61 Å². The van der Waals surface area contributed by atoms with Crippen LogP contribution in [0.15, 0.2) is 12.4 Å². The Kier molecular flexibility index (Phi) is 5.69. The summed E-state index contributed by atoms with van der Waals surface area (Å²) in [7, 11) is 0. The van der Waals surface area contributed by atoms with Gasteiger partial charge in [-0.15, -0.1) is 0 Å². The summed E-state index contributed by atoms with van der Waals surface area (Å²) in [5, 5.41) is 8.96. The molecule has 0 radical (unpaired) electrons. The first-order chi connectivity index (χ1) is 8.93. The van der Waals surface area contributed by atoms with E-state index in [0.717, 1.165) is 0 Å². The Morgan fingerprint density at radius 3 is 2.37 bits per heavy atom. The summed E-state index contributed by atoms with van der Waals surface area (Å²) >= 11 is 0. The first-order valence-corrected chi connectivity index (χ1v) is 6.36. The van der Waals surface area contributed by atoms with E-state index in [9.17, 15) is 4.79 Å². The van der Waals surface area contributed by atoms with Crippen molar-refractivity contribution in [3.05, 3.63) is 18.1 Å². The zero-order valence-electron chi connectivity index (χ0n) is 11.8. The summed E-state index contributed by atoms with van der Waals surface area (Å²) in [5.74, 6) is -1.06. The number of ether oxygens (including phenoxy) is 1. The Morgan fingerprint density at radius 2 is 1.84 bits per heavy atom. The van der Waals surface area contributed by atoms with Gasteiger partial charge in [-0.1, -0.05) is 0 Å². The predicted molar refractivity (Wildman–Crippen MR) is 71.5 cm³/mol. The molecule has 19 heavy (non-hydrogen) atoms. The van der Waals surface area contributed by atoms with Crippen molar-refractivity contribution in [1.29, 1.82) is 0 Å². The van der Waals surface area contributed by atoms with E-state index in [4.69, 9.17) is 9.84 Å². The Bertz CT molecular complexity index is 413. The van der Waals surface area contributed by atoms with E-state index in [1.807, 2.05) is 0 Å². The highest BCUT2D eigenvalue weighted by atomic mass is 16.5. The van der Waals surface area contributed by atoms with Gasteiger partial charge >= 0.3 is 5.97 Å². The summed E-state index contributed by atoms with van der Waals surface area (Å²) < 4.78 is 5.43. The molecule has 0 aliphatic heterocycles. The minimum atomic E-state index is -1.13. The second-order valence-electron chi connectivity index (χ2n) is 4.79. The lowest BCUT2D eigenvalue weighted by Crippen LogP contribution is -2.39. The van der Waals surface area contributed by atoms with Crippen molar-refractivity contribution in [3.63, 3.8) is 0 Å². The average Bonchev–Trinajstić information content (AvgIpc) is 2.33. The summed E-state index contributed by atoms with van der Waals surface area (Å²) in [4.78, 5) is 20.9. The van der Waals surface area contributed by atoms with Crippen molar-refractivity contribution in [2.24, 2.45) is 0 Å². The fourth-order valence-electron chi connectivity index (χ4n) is 1.94. The Hall–Kier alpha value is -1.69. The van der Waals surface area contributed by atoms with Crippen LogP contribution in [0.25, 0.3) is 0 Å². The molecular formula is C13H21N3O3. The molecule has 6 heteroatoms. The van der Waals surface area contributed by atoms with Crippen LogP contribution in [-0.2, 0) is 0 Å². The molecule has 1 heterocycles. The van der Waals surface area contributed by atoms with Crippen LogP contribution in [0.5, 0.6) is 5.88 Å². The quantitative estimate of drug-likeness (QED) is 0.810. The van der Waals surface area contributed by atoms with E-state index >= 15 is 0 Å². The fraction of sp³-hybridized carbons (Fsp3) is 0.615. The molecule has 106 valence electrons.